The second kappa shape index (κ2) is 15.9. The predicted octanol–water partition coefficient (Wildman–Crippen LogP) is 5.98. The summed E-state index contributed by atoms with van der Waals surface area (Å²) in [6.45, 7) is 11.9. The largest absolute Gasteiger partial charge is 0.497 e. The van der Waals surface area contributed by atoms with E-state index in [1.54, 1.807) is 11.0 Å². The molecule has 1 aromatic heterocycles. The molecule has 2 aromatic rings. The third-order valence-electron chi connectivity index (χ3n) is 9.58. The van der Waals surface area contributed by atoms with Gasteiger partial charge in [0.2, 0.25) is 5.91 Å². The van der Waals surface area contributed by atoms with Crippen LogP contribution in [0, 0.1) is 23.2 Å². The van der Waals surface area contributed by atoms with Crippen molar-refractivity contribution in [3.8, 4) is 5.75 Å². The lowest BCUT2D eigenvalue weighted by Gasteiger charge is -2.33. The van der Waals surface area contributed by atoms with E-state index < -0.39 is 47.9 Å². The first-order valence-electron chi connectivity index (χ1n) is 17.4. The number of alkyl carbamates (subject to hydrolysis) is 1. The Hall–Kier alpha value is -3.61. The number of carbonyl (C=O) groups excluding carboxylic acids is 3. The van der Waals surface area contributed by atoms with E-state index in [9.17, 15) is 19.2 Å². The van der Waals surface area contributed by atoms with Crippen LogP contribution in [-0.2, 0) is 25.0 Å². The molecule has 5 unspecified atom stereocenters. The number of hydrogen-bond acceptors (Lipinski definition) is 8. The van der Waals surface area contributed by atoms with Crippen molar-refractivity contribution >= 4 is 28.8 Å². The SMILES string of the molecule is CCC1CCN(C(=O)C(CC(C)(C)C)NC(=O)OC2CCCC2COCCC(F)(F)c2nc3ccc(OC)cc3[nH]c2=O)C1C(=O)C(C)C. The standard InChI is InChI=1S/C36H52F2N4O7/c1-8-22-14-16-42(29(22)30(43)21(2)3)33(45)27(19-35(4,5)6)41-34(46)49-28-11-9-10-23(28)20-48-17-15-36(37,38)31-32(44)40-26-18-24(47-7)12-13-25(26)39-31/h12-13,18,21-23,27-29H,8-11,14-17,19-20H2,1-7H3,(H,40,44)(H,41,46). The van der Waals surface area contributed by atoms with Crippen molar-refractivity contribution in [2.75, 3.05) is 26.9 Å². The van der Waals surface area contributed by atoms with Gasteiger partial charge in [0.15, 0.2) is 11.5 Å². The van der Waals surface area contributed by atoms with E-state index in [4.69, 9.17) is 14.2 Å². The second-order valence-corrected chi connectivity index (χ2v) is 14.9. The molecule has 2 aliphatic rings. The number of carbonyl (C=O) groups is 3. The molecule has 13 heteroatoms. The smallest absolute Gasteiger partial charge is 0.408 e. The highest BCUT2D eigenvalue weighted by atomic mass is 19.3. The number of rotatable bonds is 14. The zero-order chi connectivity index (χ0) is 36.1. The fourth-order valence-corrected chi connectivity index (χ4v) is 6.93. The van der Waals surface area contributed by atoms with E-state index in [2.05, 4.69) is 15.3 Å². The Balaban J connectivity index is 1.34. The van der Waals surface area contributed by atoms with Gasteiger partial charge in [-0.3, -0.25) is 14.4 Å². The number of likely N-dealkylation sites (tertiary alicyclic amines) is 1. The highest BCUT2D eigenvalue weighted by Crippen LogP contribution is 2.34. The van der Waals surface area contributed by atoms with Gasteiger partial charge in [-0.1, -0.05) is 48.0 Å². The van der Waals surface area contributed by atoms with Crippen molar-refractivity contribution in [1.29, 1.82) is 0 Å². The van der Waals surface area contributed by atoms with Crippen molar-refractivity contribution in [2.24, 2.45) is 23.2 Å². The summed E-state index contributed by atoms with van der Waals surface area (Å²) in [5.74, 6) is -3.69. The number of aromatic nitrogens is 2. The molecule has 11 nitrogen and oxygen atoms in total. The minimum atomic E-state index is -3.53. The van der Waals surface area contributed by atoms with Crippen LogP contribution in [0.1, 0.15) is 92.2 Å². The molecule has 2 amide bonds. The van der Waals surface area contributed by atoms with E-state index in [1.807, 2.05) is 41.5 Å². The molecule has 5 atom stereocenters. The van der Waals surface area contributed by atoms with E-state index in [-0.39, 0.29) is 59.1 Å². The molecule has 2 fully saturated rings. The molecule has 0 radical (unpaired) electrons. The summed E-state index contributed by atoms with van der Waals surface area (Å²) in [4.78, 5) is 60.8. The monoisotopic (exact) mass is 690 g/mol. The summed E-state index contributed by atoms with van der Waals surface area (Å²) in [6.07, 6.45) is 1.88. The number of nitrogens with zero attached hydrogens (tertiary/aromatic N) is 2. The summed E-state index contributed by atoms with van der Waals surface area (Å²) in [7, 11) is 1.46. The Labute approximate surface area is 286 Å². The van der Waals surface area contributed by atoms with Crippen LogP contribution in [0.4, 0.5) is 13.6 Å². The first kappa shape index (κ1) is 38.2. The number of nitrogens with one attached hydrogen (secondary N) is 2. The molecule has 1 saturated carbocycles. The summed E-state index contributed by atoms with van der Waals surface area (Å²) in [6, 6.07) is 3.19. The molecule has 2 heterocycles. The summed E-state index contributed by atoms with van der Waals surface area (Å²) < 4.78 is 46.7. The van der Waals surface area contributed by atoms with Crippen molar-refractivity contribution < 1.29 is 37.4 Å². The maximum Gasteiger partial charge on any atom is 0.408 e. The molecule has 272 valence electrons. The predicted molar refractivity (Wildman–Crippen MR) is 181 cm³/mol. The van der Waals surface area contributed by atoms with Gasteiger partial charge in [-0.2, -0.15) is 8.78 Å². The number of methoxy groups -OCH3 is 1. The number of ether oxygens (including phenoxy) is 3. The molecule has 4 rings (SSSR count). The second-order valence-electron chi connectivity index (χ2n) is 14.9. The first-order chi connectivity index (χ1) is 23.0. The number of hydrogen-bond donors (Lipinski definition) is 2. The Kier molecular flexibility index (Phi) is 12.4. The minimum Gasteiger partial charge on any atom is -0.497 e. The van der Waals surface area contributed by atoms with Crippen LogP contribution in [0.3, 0.4) is 0 Å². The minimum absolute atomic E-state index is 0.0303. The molecule has 0 bridgehead atoms. The van der Waals surface area contributed by atoms with Gasteiger partial charge in [-0.15, -0.1) is 0 Å². The lowest BCUT2D eigenvalue weighted by molar-refractivity contribution is -0.141. The van der Waals surface area contributed by atoms with Gasteiger partial charge in [0, 0.05) is 30.9 Å². The van der Waals surface area contributed by atoms with Crippen molar-refractivity contribution in [3.63, 3.8) is 0 Å². The lowest BCUT2D eigenvalue weighted by Crippen LogP contribution is -2.54. The normalized spacial score (nSPS) is 22.0. The van der Waals surface area contributed by atoms with E-state index in [0.717, 1.165) is 19.3 Å². The highest BCUT2D eigenvalue weighted by molar-refractivity contribution is 5.93. The van der Waals surface area contributed by atoms with Gasteiger partial charge >= 0.3 is 6.09 Å². The van der Waals surface area contributed by atoms with Crippen LogP contribution in [0.5, 0.6) is 5.75 Å². The third kappa shape index (κ3) is 9.55. The van der Waals surface area contributed by atoms with Gasteiger partial charge in [-0.25, -0.2) is 9.78 Å². The van der Waals surface area contributed by atoms with Gasteiger partial charge < -0.3 is 29.4 Å². The average Bonchev–Trinajstić information content (AvgIpc) is 3.67. The van der Waals surface area contributed by atoms with E-state index in [1.165, 1.54) is 19.2 Å². The number of amides is 2. The highest BCUT2D eigenvalue weighted by Gasteiger charge is 2.44. The topological polar surface area (TPSA) is 140 Å². The fourth-order valence-electron chi connectivity index (χ4n) is 6.93. The van der Waals surface area contributed by atoms with E-state index >= 15 is 8.78 Å². The Bertz CT molecular complexity index is 1540. The average molecular weight is 691 g/mol. The number of halogens is 2. The lowest BCUT2D eigenvalue weighted by atomic mass is 9.86. The third-order valence-corrected chi connectivity index (χ3v) is 9.58. The molecule has 1 saturated heterocycles. The molecule has 1 aliphatic heterocycles. The summed E-state index contributed by atoms with van der Waals surface area (Å²) in [5.41, 5.74) is -1.67. The number of ketones is 1. The summed E-state index contributed by atoms with van der Waals surface area (Å²) >= 11 is 0. The molecular weight excluding hydrogens is 638 g/mol. The molecule has 49 heavy (non-hydrogen) atoms. The van der Waals surface area contributed by atoms with Gasteiger partial charge in [0.25, 0.3) is 11.5 Å². The molecule has 1 aliphatic carbocycles. The van der Waals surface area contributed by atoms with Crippen LogP contribution in [-0.4, -0.2) is 77.7 Å². The molecule has 1 aromatic carbocycles. The first-order valence-corrected chi connectivity index (χ1v) is 17.4. The van der Waals surface area contributed by atoms with Crippen LogP contribution in [0.2, 0.25) is 0 Å². The Morgan fingerprint density at radius 2 is 1.86 bits per heavy atom. The number of fused-ring (bicyclic) bond motifs is 1. The van der Waals surface area contributed by atoms with Gasteiger partial charge in [0.1, 0.15) is 17.9 Å². The van der Waals surface area contributed by atoms with E-state index in [0.29, 0.717) is 31.6 Å². The number of aromatic amines is 1. The maximum absolute atomic E-state index is 15.1. The zero-order valence-corrected chi connectivity index (χ0v) is 29.8. The van der Waals surface area contributed by atoms with Gasteiger partial charge in [-0.05, 0) is 55.6 Å². The maximum atomic E-state index is 15.1. The molecule has 0 spiro atoms. The van der Waals surface area contributed by atoms with Crippen molar-refractivity contribution in [2.45, 2.75) is 111 Å². The van der Waals surface area contributed by atoms with Crippen LogP contribution < -0.4 is 15.6 Å². The van der Waals surface area contributed by atoms with Crippen molar-refractivity contribution in [3.05, 3.63) is 34.2 Å². The van der Waals surface area contributed by atoms with Gasteiger partial charge in [0.05, 0.1) is 37.4 Å². The van der Waals surface area contributed by atoms with Crippen LogP contribution in [0.15, 0.2) is 23.0 Å². The summed E-state index contributed by atoms with van der Waals surface area (Å²) in [5, 5.41) is 2.80. The van der Waals surface area contributed by atoms with Crippen LogP contribution >= 0.6 is 0 Å². The van der Waals surface area contributed by atoms with Crippen LogP contribution in [0.25, 0.3) is 11.0 Å². The Morgan fingerprint density at radius 3 is 2.51 bits per heavy atom. The van der Waals surface area contributed by atoms with Crippen molar-refractivity contribution in [1.82, 2.24) is 20.2 Å². The number of benzene rings is 1. The Morgan fingerprint density at radius 1 is 1.12 bits per heavy atom. The number of H-pyrrole nitrogens is 1. The number of alkyl halides is 2. The fraction of sp³-hybridized carbons (Fsp3) is 0.694. The zero-order valence-electron chi connectivity index (χ0n) is 29.8. The number of Topliss-reactive ketones (excluding diaryl/α,β-unsaturated/α-hetero) is 1. The molecule has 2 N–H and O–H groups in total. The molecular formula is C36H52F2N4O7. The quantitative estimate of drug-likeness (QED) is 0.231.